The molecule has 11 heteroatoms. The molecule has 0 saturated heterocycles. The van der Waals surface area contributed by atoms with E-state index < -0.39 is 23.2 Å². The normalized spacial score (nSPS) is 20.3. The van der Waals surface area contributed by atoms with Gasteiger partial charge in [0, 0.05) is 22.6 Å². The number of nitrogens with zero attached hydrogens (tertiary/aromatic N) is 3. The Kier molecular flexibility index (Phi) is 5.36. The van der Waals surface area contributed by atoms with E-state index in [4.69, 9.17) is 15.5 Å². The average Bonchev–Trinajstić information content (AvgIpc) is 3.33. The number of aliphatic hydroxyl groups is 1. The molecule has 1 unspecified atom stereocenters. The zero-order chi connectivity index (χ0) is 28.8. The number of fused-ring (bicyclic) bond motifs is 5. The van der Waals surface area contributed by atoms with Crippen LogP contribution in [0.3, 0.4) is 0 Å². The lowest BCUT2D eigenvalue weighted by Crippen LogP contribution is -2.44. The molecule has 0 radical (unpaired) electrons. The Morgan fingerprint density at radius 2 is 2.07 bits per heavy atom. The number of hydrogen-bond acceptors (Lipinski definition) is 8. The summed E-state index contributed by atoms with van der Waals surface area (Å²) in [5.41, 5.74) is 8.56. The summed E-state index contributed by atoms with van der Waals surface area (Å²) in [4.78, 5) is 48.5. The van der Waals surface area contributed by atoms with Crippen molar-refractivity contribution in [3.8, 4) is 11.4 Å². The van der Waals surface area contributed by atoms with Crippen LogP contribution in [0.15, 0.2) is 35.3 Å². The Morgan fingerprint density at radius 3 is 2.80 bits per heavy atom. The molecule has 4 aromatic rings. The van der Waals surface area contributed by atoms with Gasteiger partial charge in [-0.15, -0.1) is 0 Å². The summed E-state index contributed by atoms with van der Waals surface area (Å²) in [6, 6.07) is 5.69. The summed E-state index contributed by atoms with van der Waals surface area (Å²) >= 11 is 0. The number of anilines is 1. The van der Waals surface area contributed by atoms with Crippen molar-refractivity contribution >= 4 is 28.5 Å². The van der Waals surface area contributed by atoms with Gasteiger partial charge in [-0.3, -0.25) is 9.59 Å². The molecule has 3 aliphatic rings. The molecule has 2 aliphatic heterocycles. The maximum atomic E-state index is 15.1. The third kappa shape index (κ3) is 3.48. The van der Waals surface area contributed by atoms with E-state index in [9.17, 15) is 19.5 Å². The van der Waals surface area contributed by atoms with Crippen LogP contribution in [-0.4, -0.2) is 31.5 Å². The van der Waals surface area contributed by atoms with E-state index in [1.165, 1.54) is 12.3 Å². The van der Waals surface area contributed by atoms with Gasteiger partial charge in [0.05, 0.1) is 46.9 Å². The molecule has 208 valence electrons. The number of pyridine rings is 3. The van der Waals surface area contributed by atoms with Crippen molar-refractivity contribution in [3.05, 3.63) is 85.7 Å². The molecule has 0 spiro atoms. The first-order chi connectivity index (χ1) is 19.6. The number of ether oxygens (including phenoxy) is 1. The molecule has 0 fully saturated rings. The number of cyclic esters (lactones) is 1. The largest absolute Gasteiger partial charge is 0.458 e. The number of halogens is 1. The highest BCUT2D eigenvalue weighted by atomic mass is 19.1. The maximum Gasteiger partial charge on any atom is 0.343 e. The number of aryl methyl sites for hydroxylation is 1. The minimum Gasteiger partial charge on any atom is -0.458 e. The van der Waals surface area contributed by atoms with Gasteiger partial charge in [-0.05, 0) is 61.1 Å². The van der Waals surface area contributed by atoms with Crippen LogP contribution in [0.4, 0.5) is 10.1 Å². The second-order valence-electron chi connectivity index (χ2n) is 10.9. The zero-order valence-corrected chi connectivity index (χ0v) is 22.4. The lowest BCUT2D eigenvalue weighted by Gasteiger charge is -2.31. The van der Waals surface area contributed by atoms with Gasteiger partial charge < -0.3 is 25.5 Å². The zero-order valence-electron chi connectivity index (χ0n) is 22.4. The SMILES string of the molecule is CC[C@@]1(O)C(=O)OCc2c1cc1n(c2=O)Cc2c-1nc1cc(F)c(C)c3c1c2C(NC(=O)c1ccc(N)cn1)CC3. The third-order valence-electron chi connectivity index (χ3n) is 8.70. The molecule has 0 bridgehead atoms. The predicted molar refractivity (Wildman–Crippen MR) is 146 cm³/mol. The molecule has 1 amide bonds. The summed E-state index contributed by atoms with van der Waals surface area (Å²) in [5, 5.41) is 15.1. The number of aromatic nitrogens is 3. The fourth-order valence-corrected chi connectivity index (χ4v) is 6.47. The molecular formula is C30H26FN5O5. The smallest absolute Gasteiger partial charge is 0.343 e. The Labute approximate surface area is 233 Å². The number of carbonyl (C=O) groups excluding carboxylic acids is 2. The second-order valence-corrected chi connectivity index (χ2v) is 10.9. The number of nitrogens with one attached hydrogen (secondary N) is 1. The van der Waals surface area contributed by atoms with Crippen LogP contribution in [0.25, 0.3) is 22.3 Å². The predicted octanol–water partition coefficient (Wildman–Crippen LogP) is 2.92. The average molecular weight is 556 g/mol. The first kappa shape index (κ1) is 25.3. The van der Waals surface area contributed by atoms with Gasteiger partial charge in [-0.2, -0.15) is 0 Å². The van der Waals surface area contributed by atoms with Crippen molar-refractivity contribution in [2.45, 2.75) is 57.9 Å². The molecular weight excluding hydrogens is 529 g/mol. The van der Waals surface area contributed by atoms with Crippen molar-refractivity contribution in [1.29, 1.82) is 0 Å². The Morgan fingerprint density at radius 1 is 1.27 bits per heavy atom. The monoisotopic (exact) mass is 555 g/mol. The van der Waals surface area contributed by atoms with Crippen LogP contribution < -0.4 is 16.6 Å². The summed E-state index contributed by atoms with van der Waals surface area (Å²) in [7, 11) is 0. The van der Waals surface area contributed by atoms with E-state index >= 15 is 4.39 Å². The Hall–Kier alpha value is -4.64. The molecule has 4 N–H and O–H groups in total. The van der Waals surface area contributed by atoms with Crippen molar-refractivity contribution in [2.75, 3.05) is 5.73 Å². The van der Waals surface area contributed by atoms with Gasteiger partial charge in [0.1, 0.15) is 18.1 Å². The number of nitrogens with two attached hydrogens (primary N) is 1. The molecule has 1 aliphatic carbocycles. The second kappa shape index (κ2) is 8.68. The molecule has 41 heavy (non-hydrogen) atoms. The van der Waals surface area contributed by atoms with Crippen LogP contribution in [-0.2, 0) is 34.7 Å². The van der Waals surface area contributed by atoms with Gasteiger partial charge in [0.15, 0.2) is 5.60 Å². The molecule has 10 nitrogen and oxygen atoms in total. The highest BCUT2D eigenvalue weighted by molar-refractivity contribution is 5.96. The van der Waals surface area contributed by atoms with Gasteiger partial charge in [0.2, 0.25) is 0 Å². The molecule has 5 heterocycles. The molecule has 3 aromatic heterocycles. The Bertz CT molecular complexity index is 1900. The van der Waals surface area contributed by atoms with Crippen LogP contribution in [0, 0.1) is 12.7 Å². The van der Waals surface area contributed by atoms with Crippen molar-refractivity contribution < 1.29 is 23.8 Å². The van der Waals surface area contributed by atoms with E-state index in [0.717, 1.165) is 22.1 Å². The summed E-state index contributed by atoms with van der Waals surface area (Å²) < 4.78 is 21.8. The summed E-state index contributed by atoms with van der Waals surface area (Å²) in [6.45, 7) is 3.29. The number of carbonyl (C=O) groups is 2. The summed E-state index contributed by atoms with van der Waals surface area (Å²) in [6.07, 6.45) is 2.46. The van der Waals surface area contributed by atoms with Crippen molar-refractivity contribution in [3.63, 3.8) is 0 Å². The number of rotatable bonds is 3. The van der Waals surface area contributed by atoms with Crippen LogP contribution >= 0.6 is 0 Å². The standard InChI is InChI=1S/C30H26FN5O5/c1-3-30(40)18-8-23-26-16(11-36(23)28(38)17(18)12-41-29(30)39)25-20(35-27(37)21-6-4-14(32)10-33-21)7-5-15-13(2)19(31)9-22(34-26)24(15)25/h4,6,8-10,20,40H,3,5,7,11-12,32H2,1-2H3,(H,35,37)/t20?,30-/m0/s1. The fourth-order valence-electron chi connectivity index (χ4n) is 6.47. The highest BCUT2D eigenvalue weighted by Gasteiger charge is 2.46. The minimum atomic E-state index is -1.96. The summed E-state index contributed by atoms with van der Waals surface area (Å²) in [5.74, 6) is -1.58. The van der Waals surface area contributed by atoms with E-state index in [1.807, 2.05) is 0 Å². The molecule has 0 saturated carbocycles. The lowest BCUT2D eigenvalue weighted by molar-refractivity contribution is -0.172. The Balaban J connectivity index is 1.45. The van der Waals surface area contributed by atoms with E-state index in [-0.39, 0.29) is 48.1 Å². The van der Waals surface area contributed by atoms with Gasteiger partial charge in [0.25, 0.3) is 11.5 Å². The first-order valence-electron chi connectivity index (χ1n) is 13.5. The first-order valence-corrected chi connectivity index (χ1v) is 13.5. The minimum absolute atomic E-state index is 0.0199. The van der Waals surface area contributed by atoms with E-state index in [0.29, 0.717) is 41.0 Å². The number of benzene rings is 1. The lowest BCUT2D eigenvalue weighted by atomic mass is 9.81. The van der Waals surface area contributed by atoms with Gasteiger partial charge in [-0.1, -0.05) is 6.92 Å². The highest BCUT2D eigenvalue weighted by Crippen LogP contribution is 2.46. The topological polar surface area (TPSA) is 149 Å². The van der Waals surface area contributed by atoms with Gasteiger partial charge in [-0.25, -0.2) is 19.2 Å². The number of hydrogen-bond donors (Lipinski definition) is 3. The van der Waals surface area contributed by atoms with Crippen molar-refractivity contribution in [2.24, 2.45) is 0 Å². The fraction of sp³-hybridized carbons (Fsp3) is 0.300. The molecule has 1 aromatic carbocycles. The van der Waals surface area contributed by atoms with Crippen LogP contribution in [0.2, 0.25) is 0 Å². The van der Waals surface area contributed by atoms with Crippen LogP contribution in [0.5, 0.6) is 0 Å². The quantitative estimate of drug-likeness (QED) is 0.288. The third-order valence-corrected chi connectivity index (χ3v) is 8.70. The molecule has 2 atom stereocenters. The number of amides is 1. The van der Waals surface area contributed by atoms with E-state index in [1.54, 1.807) is 36.6 Å². The van der Waals surface area contributed by atoms with Crippen molar-refractivity contribution in [1.82, 2.24) is 19.9 Å². The van der Waals surface area contributed by atoms with Crippen LogP contribution in [0.1, 0.15) is 69.7 Å². The van der Waals surface area contributed by atoms with Gasteiger partial charge >= 0.3 is 5.97 Å². The van der Waals surface area contributed by atoms with E-state index in [2.05, 4.69) is 10.3 Å². The number of nitrogen functional groups attached to an aromatic ring is 1. The maximum absolute atomic E-state index is 15.1. The number of esters is 1. The molecule has 7 rings (SSSR count).